The molecule has 1 aliphatic heterocycles. The summed E-state index contributed by atoms with van der Waals surface area (Å²) in [4.78, 5) is 6.46. The molecule has 2 heterocycles. The molecule has 1 aliphatic rings. The van der Waals surface area contributed by atoms with Gasteiger partial charge in [0.1, 0.15) is 5.69 Å². The van der Waals surface area contributed by atoms with Crippen molar-refractivity contribution in [3.05, 3.63) is 16.7 Å². The highest BCUT2D eigenvalue weighted by atomic mass is 79.9. The van der Waals surface area contributed by atoms with Crippen molar-refractivity contribution in [1.29, 1.82) is 0 Å². The lowest BCUT2D eigenvalue weighted by atomic mass is 10.3. The van der Waals surface area contributed by atoms with E-state index >= 15 is 0 Å². The molecule has 1 N–H and O–H groups in total. The van der Waals surface area contributed by atoms with E-state index in [4.69, 9.17) is 9.47 Å². The Bertz CT molecular complexity index is 626. The van der Waals surface area contributed by atoms with Gasteiger partial charge in [0.15, 0.2) is 0 Å². The molecule has 23 heavy (non-hydrogen) atoms. The van der Waals surface area contributed by atoms with E-state index in [9.17, 15) is 8.42 Å². The van der Waals surface area contributed by atoms with Crippen molar-refractivity contribution in [2.24, 2.45) is 0 Å². The van der Waals surface area contributed by atoms with Gasteiger partial charge in [0.2, 0.25) is 15.9 Å². The Hall–Kier alpha value is -0.900. The molecule has 0 amide bonds. The highest BCUT2D eigenvalue weighted by Crippen LogP contribution is 2.26. The van der Waals surface area contributed by atoms with Crippen molar-refractivity contribution in [3.8, 4) is 5.88 Å². The molecule has 1 unspecified atom stereocenters. The monoisotopic (exact) mass is 407 g/mol. The molecule has 0 saturated carbocycles. The van der Waals surface area contributed by atoms with Gasteiger partial charge < -0.3 is 14.4 Å². The predicted molar refractivity (Wildman–Crippen MR) is 92.4 cm³/mol. The molecule has 0 spiro atoms. The predicted octanol–water partition coefficient (Wildman–Crippen LogP) is 1.71. The van der Waals surface area contributed by atoms with Crippen molar-refractivity contribution < 1.29 is 17.9 Å². The van der Waals surface area contributed by atoms with Gasteiger partial charge >= 0.3 is 0 Å². The summed E-state index contributed by atoms with van der Waals surface area (Å²) in [7, 11) is -1.64. The summed E-state index contributed by atoms with van der Waals surface area (Å²) in [5.74, 6) is 0.287. The molecule has 7 nitrogen and oxygen atoms in total. The van der Waals surface area contributed by atoms with Crippen molar-refractivity contribution in [1.82, 2.24) is 9.88 Å². The van der Waals surface area contributed by atoms with E-state index in [1.807, 2.05) is 0 Å². The Kier molecular flexibility index (Phi) is 6.63. The summed E-state index contributed by atoms with van der Waals surface area (Å²) >= 11 is 3.27. The lowest BCUT2D eigenvalue weighted by Crippen LogP contribution is -2.25. The van der Waals surface area contributed by atoms with Crippen LogP contribution in [0.25, 0.3) is 0 Å². The third-order valence-electron chi connectivity index (χ3n) is 3.53. The van der Waals surface area contributed by atoms with Crippen LogP contribution in [0.4, 0.5) is 5.69 Å². The number of ether oxygens (including phenoxy) is 2. The van der Waals surface area contributed by atoms with Gasteiger partial charge in [-0.05, 0) is 34.8 Å². The largest absolute Gasteiger partial charge is 0.476 e. The highest BCUT2D eigenvalue weighted by molar-refractivity contribution is 9.10. The number of nitrogens with zero attached hydrogens (tertiary/aromatic N) is 2. The summed E-state index contributed by atoms with van der Waals surface area (Å²) in [6.07, 6.45) is 4.90. The van der Waals surface area contributed by atoms with Gasteiger partial charge in [-0.15, -0.1) is 0 Å². The number of anilines is 1. The summed E-state index contributed by atoms with van der Waals surface area (Å²) in [6.45, 7) is 3.39. The van der Waals surface area contributed by atoms with E-state index in [1.165, 1.54) is 0 Å². The second-order valence-corrected chi connectivity index (χ2v) is 8.19. The first-order valence-electron chi connectivity index (χ1n) is 7.38. The number of pyridine rings is 1. The molecule has 130 valence electrons. The maximum absolute atomic E-state index is 11.4. The van der Waals surface area contributed by atoms with Gasteiger partial charge in [-0.25, -0.2) is 13.4 Å². The van der Waals surface area contributed by atoms with Crippen molar-refractivity contribution in [2.45, 2.75) is 18.9 Å². The molecule has 1 saturated heterocycles. The van der Waals surface area contributed by atoms with Crippen LogP contribution in [0, 0.1) is 0 Å². The van der Waals surface area contributed by atoms with Crippen LogP contribution in [0.1, 0.15) is 12.8 Å². The number of hydrogen-bond donors (Lipinski definition) is 1. The molecule has 0 aromatic carbocycles. The highest BCUT2D eigenvalue weighted by Gasteiger charge is 2.21. The number of hydrogen-bond acceptors (Lipinski definition) is 6. The fraction of sp³-hybridized carbons (Fsp3) is 0.643. The van der Waals surface area contributed by atoms with E-state index in [0.717, 1.165) is 38.7 Å². The minimum atomic E-state index is -3.38. The first-order chi connectivity index (χ1) is 10.9. The molecule has 2 rings (SSSR count). The standard InChI is InChI=1S/C14H22BrN3O4S/c1-21-12-4-6-18(10-12)5-3-7-22-14-13(17-23(2,19)20)8-11(15)9-16-14/h8-9,12,17H,3-7,10H2,1-2H3. The first kappa shape index (κ1) is 18.4. The van der Waals surface area contributed by atoms with E-state index in [2.05, 4.69) is 30.5 Å². The molecule has 0 radical (unpaired) electrons. The van der Waals surface area contributed by atoms with Crippen LogP contribution in [0.3, 0.4) is 0 Å². The third-order valence-corrected chi connectivity index (χ3v) is 4.56. The average Bonchev–Trinajstić information content (AvgIpc) is 2.92. The molecule has 1 aromatic rings. The summed E-state index contributed by atoms with van der Waals surface area (Å²) in [6, 6.07) is 1.63. The minimum Gasteiger partial charge on any atom is -0.476 e. The quantitative estimate of drug-likeness (QED) is 0.660. The van der Waals surface area contributed by atoms with Crippen LogP contribution in [-0.2, 0) is 14.8 Å². The van der Waals surface area contributed by atoms with Crippen molar-refractivity contribution in [2.75, 3.05) is 44.3 Å². The van der Waals surface area contributed by atoms with Crippen LogP contribution < -0.4 is 9.46 Å². The second-order valence-electron chi connectivity index (χ2n) is 5.53. The Balaban J connectivity index is 1.83. The fourth-order valence-electron chi connectivity index (χ4n) is 2.46. The zero-order valence-corrected chi connectivity index (χ0v) is 15.7. The molecule has 0 bridgehead atoms. The van der Waals surface area contributed by atoms with Gasteiger partial charge in [0.05, 0.1) is 19.0 Å². The van der Waals surface area contributed by atoms with E-state index < -0.39 is 10.0 Å². The van der Waals surface area contributed by atoms with Crippen LogP contribution in [0.2, 0.25) is 0 Å². The van der Waals surface area contributed by atoms with E-state index in [0.29, 0.717) is 22.9 Å². The number of rotatable bonds is 8. The Morgan fingerprint density at radius 2 is 2.30 bits per heavy atom. The fourth-order valence-corrected chi connectivity index (χ4v) is 3.34. The lowest BCUT2D eigenvalue weighted by molar-refractivity contribution is 0.107. The maximum atomic E-state index is 11.4. The number of nitrogens with one attached hydrogen (secondary N) is 1. The number of methoxy groups -OCH3 is 1. The van der Waals surface area contributed by atoms with Gasteiger partial charge in [0, 0.05) is 37.4 Å². The molecule has 1 atom stereocenters. The average molecular weight is 408 g/mol. The van der Waals surface area contributed by atoms with E-state index in [-0.39, 0.29) is 5.88 Å². The Morgan fingerprint density at radius 3 is 2.96 bits per heavy atom. The van der Waals surface area contributed by atoms with Gasteiger partial charge in [-0.2, -0.15) is 0 Å². The van der Waals surface area contributed by atoms with Crippen LogP contribution in [-0.4, -0.2) is 64.0 Å². The van der Waals surface area contributed by atoms with Crippen molar-refractivity contribution in [3.63, 3.8) is 0 Å². The molecule has 0 aliphatic carbocycles. The molecular weight excluding hydrogens is 386 g/mol. The molecule has 1 fully saturated rings. The van der Waals surface area contributed by atoms with Gasteiger partial charge in [-0.1, -0.05) is 0 Å². The maximum Gasteiger partial charge on any atom is 0.238 e. The normalized spacial score (nSPS) is 19.0. The lowest BCUT2D eigenvalue weighted by Gasteiger charge is -2.16. The summed E-state index contributed by atoms with van der Waals surface area (Å²) < 4.78 is 36.9. The first-order valence-corrected chi connectivity index (χ1v) is 10.1. The molecular formula is C14H22BrN3O4S. The van der Waals surface area contributed by atoms with Gasteiger partial charge in [0.25, 0.3) is 0 Å². The zero-order chi connectivity index (χ0) is 16.9. The minimum absolute atomic E-state index is 0.287. The summed E-state index contributed by atoms with van der Waals surface area (Å²) in [5.41, 5.74) is 0.336. The number of halogens is 1. The van der Waals surface area contributed by atoms with E-state index in [1.54, 1.807) is 19.4 Å². The number of aromatic nitrogens is 1. The second kappa shape index (κ2) is 8.27. The zero-order valence-electron chi connectivity index (χ0n) is 13.3. The van der Waals surface area contributed by atoms with Crippen LogP contribution in [0.15, 0.2) is 16.7 Å². The van der Waals surface area contributed by atoms with Crippen LogP contribution >= 0.6 is 15.9 Å². The smallest absolute Gasteiger partial charge is 0.238 e. The SMILES string of the molecule is COC1CCN(CCCOc2ncc(Br)cc2NS(C)(=O)=O)C1. The van der Waals surface area contributed by atoms with Gasteiger partial charge in [-0.3, -0.25) is 4.72 Å². The molecule has 1 aromatic heterocycles. The Morgan fingerprint density at radius 1 is 1.52 bits per heavy atom. The summed E-state index contributed by atoms with van der Waals surface area (Å²) in [5, 5.41) is 0. The Labute approximate surface area is 145 Å². The topological polar surface area (TPSA) is 80.8 Å². The van der Waals surface area contributed by atoms with Crippen molar-refractivity contribution >= 4 is 31.6 Å². The number of likely N-dealkylation sites (tertiary alicyclic amines) is 1. The van der Waals surface area contributed by atoms with Crippen LogP contribution in [0.5, 0.6) is 5.88 Å². The third kappa shape index (κ3) is 6.25. The number of sulfonamides is 1. The molecule has 9 heteroatoms.